The van der Waals surface area contributed by atoms with E-state index in [2.05, 4.69) is 93.7 Å². The van der Waals surface area contributed by atoms with Gasteiger partial charge in [-0.15, -0.1) is 0 Å². The summed E-state index contributed by atoms with van der Waals surface area (Å²) in [4.78, 5) is 38.2. The van der Waals surface area contributed by atoms with Crippen LogP contribution in [0.25, 0.3) is 0 Å². The molecule has 0 amide bonds. The Morgan fingerprint density at radius 3 is 1.08 bits per heavy atom. The molecule has 0 N–H and O–H groups in total. The Labute approximate surface area is 442 Å². The Morgan fingerprint density at radius 1 is 0.306 bits per heavy atom. The molecule has 0 saturated heterocycles. The lowest BCUT2D eigenvalue weighted by Gasteiger charge is -2.18. The molecule has 0 aromatic carbocycles. The third-order valence-corrected chi connectivity index (χ3v) is 11.7. The monoisotopic (exact) mass is 993 g/mol. The number of allylic oxidation sites excluding steroid dienone is 24. The fourth-order valence-corrected chi connectivity index (χ4v) is 7.41. The Bertz CT molecular complexity index is 1610. The van der Waals surface area contributed by atoms with Crippen LogP contribution in [0.1, 0.15) is 233 Å². The predicted molar refractivity (Wildman–Crippen MR) is 311 cm³/mol. The molecule has 1 unspecified atom stereocenters. The van der Waals surface area contributed by atoms with Crippen LogP contribution in [0.3, 0.4) is 0 Å². The molecule has 0 bridgehead atoms. The minimum absolute atomic E-state index is 0.128. The van der Waals surface area contributed by atoms with Crippen molar-refractivity contribution in [3.05, 3.63) is 146 Å². The summed E-state index contributed by atoms with van der Waals surface area (Å²) in [7, 11) is 0. The van der Waals surface area contributed by atoms with Gasteiger partial charge in [0, 0.05) is 19.3 Å². The lowest BCUT2D eigenvalue weighted by molar-refractivity contribution is -0.167. The van der Waals surface area contributed by atoms with E-state index >= 15 is 0 Å². The van der Waals surface area contributed by atoms with E-state index in [-0.39, 0.29) is 50.4 Å². The molecule has 0 aliphatic carbocycles. The molecule has 0 aromatic rings. The summed E-state index contributed by atoms with van der Waals surface area (Å²) in [6.45, 7) is 6.36. The molecule has 72 heavy (non-hydrogen) atoms. The molecular formula is C66H104O6. The molecule has 0 rings (SSSR count). The van der Waals surface area contributed by atoms with Crippen LogP contribution in [0.4, 0.5) is 0 Å². The lowest BCUT2D eigenvalue weighted by atomic mass is 10.1. The van der Waals surface area contributed by atoms with Crippen LogP contribution in [0.5, 0.6) is 0 Å². The van der Waals surface area contributed by atoms with Gasteiger partial charge >= 0.3 is 17.9 Å². The number of hydrogen-bond donors (Lipinski definition) is 0. The van der Waals surface area contributed by atoms with E-state index in [0.717, 1.165) is 83.5 Å². The third kappa shape index (κ3) is 56.2. The summed E-state index contributed by atoms with van der Waals surface area (Å²) in [5.74, 6) is -1.04. The topological polar surface area (TPSA) is 78.9 Å². The number of ether oxygens (including phenoxy) is 3. The standard InChI is InChI=1S/C66H104O6/c1-4-7-10-13-16-19-22-25-28-31-33-36-38-41-44-47-50-53-56-59-65(68)71-62-63(61-70-64(67)58-55-52-49-46-43-40-37-34-30-27-24-21-18-15-12-9-6-3)72-66(69)60-57-54-51-48-45-42-39-35-32-29-26-23-20-17-14-11-8-5-2/h7,10,13,16,18-19,21-22,25,27-28,30-31,33,35-41,44,46,49,63H,4-6,8-9,11-12,14-15,17,20,23-24,26,29,32,34,42-43,45,47-48,50-62H2,1-3H3/b10-7-,16-13-,21-18-,22-19-,28-25-,30-27-,33-31+,38-36-,39-35-,40-37-,44-41-,49-46-. The van der Waals surface area contributed by atoms with Crippen LogP contribution < -0.4 is 0 Å². The van der Waals surface area contributed by atoms with Gasteiger partial charge in [0.25, 0.3) is 0 Å². The molecule has 0 fully saturated rings. The number of hydrogen-bond acceptors (Lipinski definition) is 6. The van der Waals surface area contributed by atoms with Crippen molar-refractivity contribution < 1.29 is 28.6 Å². The summed E-state index contributed by atoms with van der Waals surface area (Å²) in [5.41, 5.74) is 0. The van der Waals surface area contributed by atoms with Gasteiger partial charge in [-0.1, -0.05) is 256 Å². The van der Waals surface area contributed by atoms with E-state index in [9.17, 15) is 14.4 Å². The Balaban J connectivity index is 4.61. The van der Waals surface area contributed by atoms with E-state index in [0.29, 0.717) is 12.8 Å². The van der Waals surface area contributed by atoms with Gasteiger partial charge in [-0.25, -0.2) is 0 Å². The maximum absolute atomic E-state index is 12.9. The number of esters is 3. The molecule has 404 valence electrons. The molecule has 1 atom stereocenters. The summed E-state index contributed by atoms with van der Waals surface area (Å²) < 4.78 is 16.8. The number of rotatable bonds is 50. The van der Waals surface area contributed by atoms with Crippen LogP contribution in [0, 0.1) is 0 Å². The highest BCUT2D eigenvalue weighted by Crippen LogP contribution is 2.13. The fourth-order valence-electron chi connectivity index (χ4n) is 7.41. The number of unbranched alkanes of at least 4 members (excludes halogenated alkanes) is 21. The zero-order valence-corrected chi connectivity index (χ0v) is 46.1. The Morgan fingerprint density at radius 2 is 0.611 bits per heavy atom. The molecule has 6 heteroatoms. The quantitative estimate of drug-likeness (QED) is 0.0199. The first-order chi connectivity index (χ1) is 35.5. The second-order valence-corrected chi connectivity index (χ2v) is 18.6. The van der Waals surface area contributed by atoms with E-state index in [4.69, 9.17) is 14.2 Å². The lowest BCUT2D eigenvalue weighted by Crippen LogP contribution is -2.30. The van der Waals surface area contributed by atoms with E-state index in [1.165, 1.54) is 96.3 Å². The smallest absolute Gasteiger partial charge is 0.306 e. The van der Waals surface area contributed by atoms with Gasteiger partial charge in [-0.05, 0) is 103 Å². The van der Waals surface area contributed by atoms with Crippen molar-refractivity contribution in [3.63, 3.8) is 0 Å². The summed E-state index contributed by atoms with van der Waals surface area (Å²) in [6, 6.07) is 0. The van der Waals surface area contributed by atoms with Gasteiger partial charge in [-0.3, -0.25) is 14.4 Å². The zero-order chi connectivity index (χ0) is 52.2. The van der Waals surface area contributed by atoms with Crippen molar-refractivity contribution in [1.29, 1.82) is 0 Å². The van der Waals surface area contributed by atoms with Crippen LogP contribution in [0.2, 0.25) is 0 Å². The first-order valence-corrected chi connectivity index (χ1v) is 28.9. The van der Waals surface area contributed by atoms with Crippen molar-refractivity contribution in [2.45, 2.75) is 239 Å². The van der Waals surface area contributed by atoms with Gasteiger partial charge < -0.3 is 14.2 Å². The van der Waals surface area contributed by atoms with Crippen LogP contribution in [-0.4, -0.2) is 37.2 Å². The summed E-state index contributed by atoms with van der Waals surface area (Å²) in [5, 5.41) is 0. The highest BCUT2D eigenvalue weighted by Gasteiger charge is 2.19. The number of carbonyl (C=O) groups is 3. The Hall–Kier alpha value is -4.71. The van der Waals surface area contributed by atoms with E-state index < -0.39 is 6.10 Å². The van der Waals surface area contributed by atoms with Crippen LogP contribution in [0.15, 0.2) is 146 Å². The normalized spacial score (nSPS) is 13.2. The van der Waals surface area contributed by atoms with Crippen molar-refractivity contribution >= 4 is 17.9 Å². The molecule has 0 spiro atoms. The molecule has 0 heterocycles. The van der Waals surface area contributed by atoms with Crippen molar-refractivity contribution in [2.24, 2.45) is 0 Å². The van der Waals surface area contributed by atoms with E-state index in [1.807, 2.05) is 72.9 Å². The van der Waals surface area contributed by atoms with Crippen molar-refractivity contribution in [3.8, 4) is 0 Å². The van der Waals surface area contributed by atoms with Gasteiger partial charge in [-0.2, -0.15) is 0 Å². The minimum Gasteiger partial charge on any atom is -0.462 e. The maximum atomic E-state index is 12.9. The average Bonchev–Trinajstić information content (AvgIpc) is 3.38. The highest BCUT2D eigenvalue weighted by atomic mass is 16.6. The molecule has 6 nitrogen and oxygen atoms in total. The fraction of sp³-hybridized carbons (Fsp3) is 0.591. The SMILES string of the molecule is CC\C=C/C=C\C=C/C=C\C=C\C=C/C=C\CCCCCC(=O)OCC(COC(=O)CCC/C=C\C/C=C\C/C=C\C/C=C\CCCCC)OC(=O)CCCCCCC/C=C\CCCCCCCCCCC. The van der Waals surface area contributed by atoms with Gasteiger partial charge in [0.05, 0.1) is 0 Å². The first kappa shape index (κ1) is 67.3. The van der Waals surface area contributed by atoms with Gasteiger partial charge in [0.15, 0.2) is 6.10 Å². The Kier molecular flexibility index (Phi) is 55.0. The van der Waals surface area contributed by atoms with Gasteiger partial charge in [0.2, 0.25) is 0 Å². The van der Waals surface area contributed by atoms with Crippen LogP contribution in [-0.2, 0) is 28.6 Å². The molecule has 0 saturated carbocycles. The minimum atomic E-state index is -0.831. The number of carbonyl (C=O) groups excluding carboxylic acids is 3. The second-order valence-electron chi connectivity index (χ2n) is 18.6. The maximum Gasteiger partial charge on any atom is 0.306 e. The summed E-state index contributed by atoms with van der Waals surface area (Å²) in [6.07, 6.45) is 84.1. The largest absolute Gasteiger partial charge is 0.462 e. The third-order valence-electron chi connectivity index (χ3n) is 11.7. The summed E-state index contributed by atoms with van der Waals surface area (Å²) >= 11 is 0. The highest BCUT2D eigenvalue weighted by molar-refractivity contribution is 5.71. The molecule has 0 aromatic heterocycles. The van der Waals surface area contributed by atoms with Crippen molar-refractivity contribution in [2.75, 3.05) is 13.2 Å². The first-order valence-electron chi connectivity index (χ1n) is 28.9. The zero-order valence-electron chi connectivity index (χ0n) is 46.1. The van der Waals surface area contributed by atoms with Crippen molar-refractivity contribution in [1.82, 2.24) is 0 Å². The molecule has 0 radical (unpaired) electrons. The predicted octanol–water partition coefficient (Wildman–Crippen LogP) is 19.6. The molecular weight excluding hydrogens is 889 g/mol. The second kappa shape index (κ2) is 58.9. The van der Waals surface area contributed by atoms with Gasteiger partial charge in [0.1, 0.15) is 13.2 Å². The van der Waals surface area contributed by atoms with E-state index in [1.54, 1.807) is 0 Å². The van der Waals surface area contributed by atoms with Crippen LogP contribution >= 0.6 is 0 Å². The average molecular weight is 994 g/mol. The molecule has 0 aliphatic heterocycles. The molecule has 0 aliphatic rings.